The third-order valence-corrected chi connectivity index (χ3v) is 2.88. The van der Waals surface area contributed by atoms with Crippen molar-refractivity contribution in [1.82, 2.24) is 4.98 Å². The molecule has 1 N–H and O–H groups in total. The Bertz CT molecular complexity index is 339. The fourth-order valence-corrected chi connectivity index (χ4v) is 1.86. The first-order valence-corrected chi connectivity index (χ1v) is 6.39. The molecule has 2 rings (SSSR count). The van der Waals surface area contributed by atoms with Crippen molar-refractivity contribution in [3.63, 3.8) is 0 Å². The maximum atomic E-state index is 12.6. The summed E-state index contributed by atoms with van der Waals surface area (Å²) in [6.45, 7) is 3.13. The van der Waals surface area contributed by atoms with Gasteiger partial charge in [0.1, 0.15) is 11.6 Å². The Morgan fingerprint density at radius 2 is 2.22 bits per heavy atom. The summed E-state index contributed by atoms with van der Waals surface area (Å²) in [6, 6.07) is 3.03. The summed E-state index contributed by atoms with van der Waals surface area (Å²) in [5, 5.41) is 3.13. The molecular formula is C13H19FN2O2. The molecule has 2 heterocycles. The van der Waals surface area contributed by atoms with E-state index in [9.17, 15) is 4.39 Å². The second kappa shape index (κ2) is 7.28. The summed E-state index contributed by atoms with van der Waals surface area (Å²) >= 11 is 0. The molecule has 1 fully saturated rings. The lowest BCUT2D eigenvalue weighted by atomic mass is 10.1. The van der Waals surface area contributed by atoms with Crippen LogP contribution in [0.2, 0.25) is 0 Å². The van der Waals surface area contributed by atoms with Gasteiger partial charge in [-0.2, -0.15) is 0 Å². The molecule has 0 unspecified atom stereocenters. The Kier molecular flexibility index (Phi) is 5.36. The highest BCUT2D eigenvalue weighted by molar-refractivity contribution is 5.33. The van der Waals surface area contributed by atoms with Gasteiger partial charge in [0.05, 0.1) is 12.3 Å². The van der Waals surface area contributed by atoms with Gasteiger partial charge in [-0.3, -0.25) is 0 Å². The summed E-state index contributed by atoms with van der Waals surface area (Å²) in [5.41, 5.74) is 0. The number of pyridine rings is 1. The molecule has 1 aliphatic rings. The molecule has 1 aromatic heterocycles. The van der Waals surface area contributed by atoms with Gasteiger partial charge in [0.2, 0.25) is 0 Å². The summed E-state index contributed by atoms with van der Waals surface area (Å²) in [6.07, 6.45) is 4.46. The van der Waals surface area contributed by atoms with Crippen molar-refractivity contribution in [3.05, 3.63) is 24.1 Å². The Labute approximate surface area is 107 Å². The molecule has 100 valence electrons. The molecule has 0 atom stereocenters. The van der Waals surface area contributed by atoms with Gasteiger partial charge in [-0.1, -0.05) is 0 Å². The second-order valence-corrected chi connectivity index (χ2v) is 4.32. The number of nitrogens with zero attached hydrogens (tertiary/aromatic N) is 1. The Morgan fingerprint density at radius 1 is 1.39 bits per heavy atom. The third-order valence-electron chi connectivity index (χ3n) is 2.88. The van der Waals surface area contributed by atoms with E-state index in [0.717, 1.165) is 45.6 Å². The zero-order valence-electron chi connectivity index (χ0n) is 10.4. The van der Waals surface area contributed by atoms with Crippen molar-refractivity contribution in [2.45, 2.75) is 25.4 Å². The highest BCUT2D eigenvalue weighted by Gasteiger charge is 2.13. The molecule has 18 heavy (non-hydrogen) atoms. The minimum atomic E-state index is -0.316. The summed E-state index contributed by atoms with van der Waals surface area (Å²) in [4.78, 5) is 3.92. The lowest BCUT2D eigenvalue weighted by Crippen LogP contribution is -2.24. The normalized spacial score (nSPS) is 16.7. The number of rotatable bonds is 6. The third kappa shape index (κ3) is 4.58. The largest absolute Gasteiger partial charge is 0.381 e. The molecule has 0 radical (unpaired) electrons. The van der Waals surface area contributed by atoms with Crippen LogP contribution >= 0.6 is 0 Å². The van der Waals surface area contributed by atoms with Crippen molar-refractivity contribution in [2.75, 3.05) is 31.7 Å². The van der Waals surface area contributed by atoms with Crippen LogP contribution in [0, 0.1) is 5.82 Å². The lowest BCUT2D eigenvalue weighted by Gasteiger charge is -2.22. The van der Waals surface area contributed by atoms with Gasteiger partial charge >= 0.3 is 0 Å². The first kappa shape index (κ1) is 13.2. The van der Waals surface area contributed by atoms with Gasteiger partial charge in [0.15, 0.2) is 0 Å². The molecule has 0 aromatic carbocycles. The monoisotopic (exact) mass is 254 g/mol. The van der Waals surface area contributed by atoms with E-state index >= 15 is 0 Å². The smallest absolute Gasteiger partial charge is 0.141 e. The van der Waals surface area contributed by atoms with Crippen LogP contribution in [0.3, 0.4) is 0 Å². The topological polar surface area (TPSA) is 43.4 Å². The van der Waals surface area contributed by atoms with E-state index in [0.29, 0.717) is 11.9 Å². The average molecular weight is 254 g/mol. The van der Waals surface area contributed by atoms with Crippen LogP contribution in [0.1, 0.15) is 19.3 Å². The lowest BCUT2D eigenvalue weighted by molar-refractivity contribution is -0.0316. The molecule has 0 amide bonds. The highest BCUT2D eigenvalue weighted by Crippen LogP contribution is 2.10. The predicted molar refractivity (Wildman–Crippen MR) is 67.1 cm³/mol. The van der Waals surface area contributed by atoms with Crippen molar-refractivity contribution in [3.8, 4) is 0 Å². The second-order valence-electron chi connectivity index (χ2n) is 4.32. The zero-order chi connectivity index (χ0) is 12.6. The number of halogens is 1. The summed E-state index contributed by atoms with van der Waals surface area (Å²) in [5.74, 6) is 0.380. The highest BCUT2D eigenvalue weighted by atomic mass is 19.1. The zero-order valence-corrected chi connectivity index (χ0v) is 10.4. The van der Waals surface area contributed by atoms with E-state index in [1.165, 1.54) is 12.3 Å². The SMILES string of the molecule is Fc1ccc(NCCCOC2CCOCC2)nc1. The molecule has 4 nitrogen and oxygen atoms in total. The molecule has 1 aromatic rings. The molecular weight excluding hydrogens is 235 g/mol. The van der Waals surface area contributed by atoms with Crippen molar-refractivity contribution >= 4 is 5.82 Å². The van der Waals surface area contributed by atoms with Gasteiger partial charge in [0.25, 0.3) is 0 Å². The van der Waals surface area contributed by atoms with Gasteiger partial charge in [-0.25, -0.2) is 9.37 Å². The fraction of sp³-hybridized carbons (Fsp3) is 0.615. The van der Waals surface area contributed by atoms with Gasteiger partial charge in [0, 0.05) is 26.4 Å². The van der Waals surface area contributed by atoms with Gasteiger partial charge in [-0.15, -0.1) is 0 Å². The van der Waals surface area contributed by atoms with Gasteiger partial charge in [-0.05, 0) is 31.4 Å². The van der Waals surface area contributed by atoms with E-state index in [2.05, 4.69) is 10.3 Å². The van der Waals surface area contributed by atoms with Crippen LogP contribution in [-0.2, 0) is 9.47 Å². The fourth-order valence-electron chi connectivity index (χ4n) is 1.86. The number of nitrogens with one attached hydrogen (secondary N) is 1. The molecule has 0 spiro atoms. The molecule has 0 saturated carbocycles. The maximum Gasteiger partial charge on any atom is 0.141 e. The standard InChI is InChI=1S/C13H19FN2O2/c14-11-2-3-13(16-10-11)15-6-1-7-18-12-4-8-17-9-5-12/h2-3,10,12H,1,4-9H2,(H,15,16). The van der Waals surface area contributed by atoms with Crippen LogP contribution in [0.4, 0.5) is 10.2 Å². The number of aromatic nitrogens is 1. The van der Waals surface area contributed by atoms with E-state index < -0.39 is 0 Å². The van der Waals surface area contributed by atoms with Crippen molar-refractivity contribution < 1.29 is 13.9 Å². The number of hydrogen-bond donors (Lipinski definition) is 1. The Hall–Kier alpha value is -1.20. The van der Waals surface area contributed by atoms with Crippen LogP contribution in [0.5, 0.6) is 0 Å². The summed E-state index contributed by atoms with van der Waals surface area (Å²) in [7, 11) is 0. The molecule has 1 aliphatic heterocycles. The van der Waals surface area contributed by atoms with Crippen molar-refractivity contribution in [1.29, 1.82) is 0 Å². The average Bonchev–Trinajstić information content (AvgIpc) is 2.42. The van der Waals surface area contributed by atoms with E-state index in [1.807, 2.05) is 0 Å². The minimum Gasteiger partial charge on any atom is -0.381 e. The molecule has 0 bridgehead atoms. The molecule has 1 saturated heterocycles. The first-order valence-electron chi connectivity index (χ1n) is 6.39. The number of anilines is 1. The van der Waals surface area contributed by atoms with E-state index in [-0.39, 0.29) is 5.82 Å². The van der Waals surface area contributed by atoms with E-state index in [1.54, 1.807) is 6.07 Å². The maximum absolute atomic E-state index is 12.6. The number of hydrogen-bond acceptors (Lipinski definition) is 4. The molecule has 0 aliphatic carbocycles. The van der Waals surface area contributed by atoms with Crippen LogP contribution in [-0.4, -0.2) is 37.5 Å². The Balaban J connectivity index is 1.54. The predicted octanol–water partition coefficient (Wildman–Crippen LogP) is 2.22. The van der Waals surface area contributed by atoms with Crippen LogP contribution < -0.4 is 5.32 Å². The van der Waals surface area contributed by atoms with Crippen LogP contribution in [0.15, 0.2) is 18.3 Å². The van der Waals surface area contributed by atoms with Crippen LogP contribution in [0.25, 0.3) is 0 Å². The van der Waals surface area contributed by atoms with Crippen molar-refractivity contribution in [2.24, 2.45) is 0 Å². The number of ether oxygens (including phenoxy) is 2. The summed E-state index contributed by atoms with van der Waals surface area (Å²) < 4.78 is 23.6. The Morgan fingerprint density at radius 3 is 2.94 bits per heavy atom. The minimum absolute atomic E-state index is 0.316. The van der Waals surface area contributed by atoms with E-state index in [4.69, 9.17) is 9.47 Å². The first-order chi connectivity index (χ1) is 8.84. The van der Waals surface area contributed by atoms with Gasteiger partial charge < -0.3 is 14.8 Å². The quantitative estimate of drug-likeness (QED) is 0.790. The molecule has 5 heteroatoms.